The average Bonchev–Trinajstić information content (AvgIpc) is 2.01. The standard InChI is InChI=1S/C11H18N2O/c1-7-5-9(14)6-8(2)11(7)10(13)3-4-12/h5-6,10,14H,3-4,12-13H2,1-2H3/t10-/m0/s1. The van der Waals surface area contributed by atoms with Crippen LogP contribution in [0, 0.1) is 13.8 Å². The number of phenols is 1. The maximum absolute atomic E-state index is 9.36. The van der Waals surface area contributed by atoms with Crippen LogP contribution in [0.5, 0.6) is 5.75 Å². The van der Waals surface area contributed by atoms with Crippen LogP contribution in [0.2, 0.25) is 0 Å². The van der Waals surface area contributed by atoms with Crippen molar-refractivity contribution in [3.05, 3.63) is 28.8 Å². The predicted molar refractivity (Wildman–Crippen MR) is 58.2 cm³/mol. The molecule has 0 aromatic heterocycles. The van der Waals surface area contributed by atoms with E-state index in [-0.39, 0.29) is 6.04 Å². The first-order valence-corrected chi connectivity index (χ1v) is 4.82. The molecule has 0 saturated heterocycles. The second-order valence-electron chi connectivity index (χ2n) is 3.68. The van der Waals surface area contributed by atoms with E-state index in [9.17, 15) is 5.11 Å². The maximum Gasteiger partial charge on any atom is 0.116 e. The van der Waals surface area contributed by atoms with Crippen molar-refractivity contribution in [1.82, 2.24) is 0 Å². The molecule has 14 heavy (non-hydrogen) atoms. The van der Waals surface area contributed by atoms with Gasteiger partial charge in [-0.25, -0.2) is 0 Å². The molecule has 78 valence electrons. The largest absolute Gasteiger partial charge is 0.508 e. The van der Waals surface area contributed by atoms with Gasteiger partial charge in [0.1, 0.15) is 5.75 Å². The van der Waals surface area contributed by atoms with Crippen molar-refractivity contribution in [1.29, 1.82) is 0 Å². The monoisotopic (exact) mass is 194 g/mol. The first kappa shape index (κ1) is 11.0. The van der Waals surface area contributed by atoms with Crippen molar-refractivity contribution >= 4 is 0 Å². The summed E-state index contributed by atoms with van der Waals surface area (Å²) in [7, 11) is 0. The highest BCUT2D eigenvalue weighted by Crippen LogP contribution is 2.26. The van der Waals surface area contributed by atoms with Crippen LogP contribution in [0.15, 0.2) is 12.1 Å². The fourth-order valence-electron chi connectivity index (χ4n) is 1.86. The lowest BCUT2D eigenvalue weighted by molar-refractivity contribution is 0.473. The van der Waals surface area contributed by atoms with E-state index in [0.717, 1.165) is 23.1 Å². The minimum Gasteiger partial charge on any atom is -0.508 e. The average molecular weight is 194 g/mol. The van der Waals surface area contributed by atoms with Gasteiger partial charge in [-0.05, 0) is 55.6 Å². The predicted octanol–water partition coefficient (Wildman–Crippen LogP) is 1.36. The van der Waals surface area contributed by atoms with Gasteiger partial charge in [-0.15, -0.1) is 0 Å². The normalized spacial score (nSPS) is 12.9. The molecule has 1 rings (SSSR count). The number of aromatic hydroxyl groups is 1. The molecule has 0 radical (unpaired) electrons. The van der Waals surface area contributed by atoms with Crippen molar-refractivity contribution in [2.45, 2.75) is 26.3 Å². The van der Waals surface area contributed by atoms with Crippen LogP contribution >= 0.6 is 0 Å². The summed E-state index contributed by atoms with van der Waals surface area (Å²) in [6, 6.07) is 3.44. The fourth-order valence-corrected chi connectivity index (χ4v) is 1.86. The van der Waals surface area contributed by atoms with E-state index in [1.807, 2.05) is 13.8 Å². The molecular formula is C11H18N2O. The van der Waals surface area contributed by atoms with E-state index in [1.165, 1.54) is 0 Å². The van der Waals surface area contributed by atoms with Gasteiger partial charge >= 0.3 is 0 Å². The summed E-state index contributed by atoms with van der Waals surface area (Å²) in [4.78, 5) is 0. The molecule has 0 aliphatic carbocycles. The highest BCUT2D eigenvalue weighted by Gasteiger charge is 2.11. The Bertz CT molecular complexity index is 300. The lowest BCUT2D eigenvalue weighted by Crippen LogP contribution is -2.17. The zero-order valence-electron chi connectivity index (χ0n) is 8.75. The minimum atomic E-state index is -0.0272. The van der Waals surface area contributed by atoms with Gasteiger partial charge in [0, 0.05) is 6.04 Å². The van der Waals surface area contributed by atoms with E-state index in [0.29, 0.717) is 12.3 Å². The van der Waals surface area contributed by atoms with Crippen LogP contribution in [-0.2, 0) is 0 Å². The summed E-state index contributed by atoms with van der Waals surface area (Å²) < 4.78 is 0. The summed E-state index contributed by atoms with van der Waals surface area (Å²) in [5.41, 5.74) is 14.6. The first-order valence-electron chi connectivity index (χ1n) is 4.82. The van der Waals surface area contributed by atoms with Gasteiger partial charge in [0.25, 0.3) is 0 Å². The second-order valence-corrected chi connectivity index (χ2v) is 3.68. The van der Waals surface area contributed by atoms with Crippen molar-refractivity contribution in [2.24, 2.45) is 11.5 Å². The highest BCUT2D eigenvalue weighted by molar-refractivity contribution is 5.42. The third-order valence-electron chi connectivity index (χ3n) is 2.43. The van der Waals surface area contributed by atoms with E-state index in [1.54, 1.807) is 12.1 Å². The molecule has 1 aromatic rings. The third kappa shape index (κ3) is 2.25. The summed E-state index contributed by atoms with van der Waals surface area (Å²) in [6.45, 7) is 4.50. The molecule has 0 spiro atoms. The topological polar surface area (TPSA) is 72.3 Å². The van der Waals surface area contributed by atoms with Crippen molar-refractivity contribution in [2.75, 3.05) is 6.54 Å². The molecule has 1 atom stereocenters. The van der Waals surface area contributed by atoms with Gasteiger partial charge < -0.3 is 16.6 Å². The number of aryl methyl sites for hydroxylation is 2. The van der Waals surface area contributed by atoms with Crippen molar-refractivity contribution in [3.8, 4) is 5.75 Å². The minimum absolute atomic E-state index is 0.0272. The molecule has 0 bridgehead atoms. The number of hydrogen-bond donors (Lipinski definition) is 3. The molecule has 3 heteroatoms. The molecular weight excluding hydrogens is 176 g/mol. The van der Waals surface area contributed by atoms with Crippen LogP contribution in [0.1, 0.15) is 29.2 Å². The Morgan fingerprint density at radius 3 is 2.21 bits per heavy atom. The van der Waals surface area contributed by atoms with Crippen LogP contribution in [-0.4, -0.2) is 11.7 Å². The van der Waals surface area contributed by atoms with Gasteiger partial charge in [-0.3, -0.25) is 0 Å². The van der Waals surface area contributed by atoms with Gasteiger partial charge in [0.15, 0.2) is 0 Å². The first-order chi connectivity index (χ1) is 6.56. The van der Waals surface area contributed by atoms with Crippen LogP contribution in [0.4, 0.5) is 0 Å². The summed E-state index contributed by atoms with van der Waals surface area (Å²) in [6.07, 6.45) is 0.770. The molecule has 0 saturated carbocycles. The lowest BCUT2D eigenvalue weighted by atomic mass is 9.94. The molecule has 0 aliphatic heterocycles. The van der Waals surface area contributed by atoms with Crippen LogP contribution < -0.4 is 11.5 Å². The Morgan fingerprint density at radius 1 is 1.29 bits per heavy atom. The summed E-state index contributed by atoms with van der Waals surface area (Å²) in [5, 5.41) is 9.36. The van der Waals surface area contributed by atoms with Gasteiger partial charge in [-0.2, -0.15) is 0 Å². The molecule has 0 fully saturated rings. The van der Waals surface area contributed by atoms with Crippen LogP contribution in [0.25, 0.3) is 0 Å². The van der Waals surface area contributed by atoms with Crippen molar-refractivity contribution < 1.29 is 5.11 Å². The lowest BCUT2D eigenvalue weighted by Gasteiger charge is -2.17. The van der Waals surface area contributed by atoms with Crippen molar-refractivity contribution in [3.63, 3.8) is 0 Å². The molecule has 5 N–H and O–H groups in total. The second kappa shape index (κ2) is 4.44. The molecule has 1 aromatic carbocycles. The zero-order chi connectivity index (χ0) is 10.7. The smallest absolute Gasteiger partial charge is 0.116 e. The quantitative estimate of drug-likeness (QED) is 0.680. The fraction of sp³-hybridized carbons (Fsp3) is 0.455. The Morgan fingerprint density at radius 2 is 1.79 bits per heavy atom. The van der Waals surface area contributed by atoms with E-state index < -0.39 is 0 Å². The Labute approximate surface area is 84.7 Å². The summed E-state index contributed by atoms with van der Waals surface area (Å²) in [5.74, 6) is 0.295. The van der Waals surface area contributed by atoms with E-state index in [2.05, 4.69) is 0 Å². The maximum atomic E-state index is 9.36. The Hall–Kier alpha value is -1.06. The number of benzene rings is 1. The molecule has 0 heterocycles. The highest BCUT2D eigenvalue weighted by atomic mass is 16.3. The number of hydrogen-bond acceptors (Lipinski definition) is 3. The number of rotatable bonds is 3. The van der Waals surface area contributed by atoms with E-state index >= 15 is 0 Å². The third-order valence-corrected chi connectivity index (χ3v) is 2.43. The molecule has 0 amide bonds. The molecule has 0 aliphatic rings. The van der Waals surface area contributed by atoms with Gasteiger partial charge in [-0.1, -0.05) is 0 Å². The number of phenolic OH excluding ortho intramolecular Hbond substituents is 1. The molecule has 0 unspecified atom stereocenters. The molecule has 3 nitrogen and oxygen atoms in total. The SMILES string of the molecule is Cc1cc(O)cc(C)c1[C@@H](N)CCN. The zero-order valence-corrected chi connectivity index (χ0v) is 8.75. The Balaban J connectivity index is 3.07. The number of nitrogens with two attached hydrogens (primary N) is 2. The summed E-state index contributed by atoms with van der Waals surface area (Å²) >= 11 is 0. The van der Waals surface area contributed by atoms with Crippen LogP contribution in [0.3, 0.4) is 0 Å². The van der Waals surface area contributed by atoms with Gasteiger partial charge in [0.05, 0.1) is 0 Å². The Kier molecular flexibility index (Phi) is 3.49. The van der Waals surface area contributed by atoms with E-state index in [4.69, 9.17) is 11.5 Å². The van der Waals surface area contributed by atoms with Gasteiger partial charge in [0.2, 0.25) is 0 Å².